The number of urea groups is 1. The Labute approximate surface area is 210 Å². The van der Waals surface area contributed by atoms with E-state index >= 15 is 0 Å². The summed E-state index contributed by atoms with van der Waals surface area (Å²) in [6.07, 6.45) is -4.51. The number of fused-ring (bicyclic) bond motifs is 1. The van der Waals surface area contributed by atoms with E-state index in [1.54, 1.807) is 50.2 Å². The van der Waals surface area contributed by atoms with Gasteiger partial charge in [-0.1, -0.05) is 38.1 Å². The zero-order valence-corrected chi connectivity index (χ0v) is 20.0. The molecule has 7 nitrogen and oxygen atoms in total. The normalized spacial score (nSPS) is 13.9. The van der Waals surface area contributed by atoms with Gasteiger partial charge in [-0.25, -0.2) is 9.59 Å². The summed E-state index contributed by atoms with van der Waals surface area (Å²) in [7, 11) is 0. The van der Waals surface area contributed by atoms with E-state index in [-0.39, 0.29) is 24.1 Å². The maximum Gasteiger partial charge on any atom is 0.416 e. The van der Waals surface area contributed by atoms with Gasteiger partial charge in [-0.05, 0) is 65.1 Å². The van der Waals surface area contributed by atoms with Crippen molar-refractivity contribution < 1.29 is 32.7 Å². The molecule has 0 saturated heterocycles. The van der Waals surface area contributed by atoms with E-state index in [0.717, 1.165) is 28.8 Å². The summed E-state index contributed by atoms with van der Waals surface area (Å²) in [5.74, 6) is -1.60. The molecular weight excluding hydrogens is 487 g/mol. The van der Waals surface area contributed by atoms with Gasteiger partial charge in [-0.15, -0.1) is 0 Å². The molecule has 0 aromatic heterocycles. The maximum atomic E-state index is 12.9. The minimum atomic E-state index is -4.51. The Morgan fingerprint density at radius 3 is 2.19 bits per heavy atom. The van der Waals surface area contributed by atoms with E-state index in [2.05, 4.69) is 10.6 Å². The molecule has 1 heterocycles. The van der Waals surface area contributed by atoms with Gasteiger partial charge < -0.3 is 20.6 Å². The number of aliphatic carboxylic acids is 1. The monoisotopic (exact) mass is 511 g/mol. The van der Waals surface area contributed by atoms with Crippen molar-refractivity contribution in [1.82, 2.24) is 4.90 Å². The summed E-state index contributed by atoms with van der Waals surface area (Å²) in [6, 6.07) is 14.8. The molecule has 3 aromatic carbocycles. The Kier molecular flexibility index (Phi) is 6.93. The molecule has 1 aliphatic rings. The fourth-order valence-corrected chi connectivity index (χ4v) is 4.34. The van der Waals surface area contributed by atoms with E-state index in [0.29, 0.717) is 11.3 Å². The van der Waals surface area contributed by atoms with Crippen molar-refractivity contribution >= 4 is 29.3 Å². The highest BCUT2D eigenvalue weighted by molar-refractivity contribution is 6.01. The van der Waals surface area contributed by atoms with Crippen LogP contribution in [0.3, 0.4) is 0 Å². The third-order valence-corrected chi connectivity index (χ3v) is 6.08. The molecule has 0 radical (unpaired) electrons. The number of halogens is 3. The van der Waals surface area contributed by atoms with Gasteiger partial charge in [0, 0.05) is 23.5 Å². The van der Waals surface area contributed by atoms with Crippen LogP contribution in [0.1, 0.15) is 35.3 Å². The largest absolute Gasteiger partial charge is 0.480 e. The average Bonchev–Trinajstić information content (AvgIpc) is 3.14. The summed E-state index contributed by atoms with van der Waals surface area (Å²) in [5, 5.41) is 14.5. The van der Waals surface area contributed by atoms with Gasteiger partial charge in [0.15, 0.2) is 0 Å². The van der Waals surface area contributed by atoms with Crippen LogP contribution in [-0.2, 0) is 17.5 Å². The Hall–Kier alpha value is -4.34. The highest BCUT2D eigenvalue weighted by Crippen LogP contribution is 2.32. The fourth-order valence-electron chi connectivity index (χ4n) is 4.34. The molecule has 3 amide bonds. The van der Waals surface area contributed by atoms with E-state index in [1.165, 1.54) is 17.0 Å². The van der Waals surface area contributed by atoms with Crippen LogP contribution in [0.2, 0.25) is 0 Å². The first-order valence-electron chi connectivity index (χ1n) is 11.5. The van der Waals surface area contributed by atoms with Gasteiger partial charge in [-0.2, -0.15) is 13.2 Å². The molecule has 192 valence electrons. The summed E-state index contributed by atoms with van der Waals surface area (Å²) >= 11 is 0. The number of carbonyl (C=O) groups excluding carboxylic acids is 2. The summed E-state index contributed by atoms with van der Waals surface area (Å²) in [6.45, 7) is 3.72. The predicted molar refractivity (Wildman–Crippen MR) is 132 cm³/mol. The lowest BCUT2D eigenvalue weighted by molar-refractivity contribution is -0.144. The summed E-state index contributed by atoms with van der Waals surface area (Å²) < 4.78 is 38.6. The first-order chi connectivity index (χ1) is 17.4. The van der Waals surface area contributed by atoms with Gasteiger partial charge in [0.2, 0.25) is 0 Å². The van der Waals surface area contributed by atoms with Crippen molar-refractivity contribution in [3.8, 4) is 11.1 Å². The summed E-state index contributed by atoms with van der Waals surface area (Å²) in [4.78, 5) is 38.1. The van der Waals surface area contributed by atoms with Gasteiger partial charge in [0.25, 0.3) is 5.91 Å². The number of benzene rings is 3. The zero-order valence-electron chi connectivity index (χ0n) is 20.0. The molecule has 3 aromatic rings. The molecule has 0 saturated carbocycles. The Morgan fingerprint density at radius 2 is 1.57 bits per heavy atom. The molecule has 37 heavy (non-hydrogen) atoms. The van der Waals surface area contributed by atoms with E-state index in [9.17, 15) is 32.7 Å². The van der Waals surface area contributed by atoms with Crippen LogP contribution in [-0.4, -0.2) is 34.0 Å². The average molecular weight is 512 g/mol. The number of amides is 3. The zero-order chi connectivity index (χ0) is 26.9. The standard InChI is InChI=1S/C27H24F3N3O4/c1-15(2)23(25(35)36)33-14-18-12-17(8-11-22(18)24(33)34)16-6-9-20(10-7-16)31-26(37)32-21-5-3-4-19(13-21)27(28,29)30/h3-13,15,23H,14H2,1-2H3,(H,35,36)(H2,31,32,37)/t23-/m1/s1. The number of carboxylic acid groups (broad SMARTS) is 1. The van der Waals surface area contributed by atoms with Gasteiger partial charge >= 0.3 is 18.2 Å². The molecule has 0 unspecified atom stereocenters. The fraction of sp³-hybridized carbons (Fsp3) is 0.222. The topological polar surface area (TPSA) is 98.7 Å². The van der Waals surface area contributed by atoms with Crippen LogP contribution in [0.15, 0.2) is 66.7 Å². The number of carboxylic acids is 1. The molecule has 0 bridgehead atoms. The molecular formula is C27H24F3N3O4. The third kappa shape index (κ3) is 5.58. The molecule has 0 aliphatic carbocycles. The molecule has 3 N–H and O–H groups in total. The molecule has 1 atom stereocenters. The quantitative estimate of drug-likeness (QED) is 0.374. The third-order valence-electron chi connectivity index (χ3n) is 6.08. The number of rotatable bonds is 6. The smallest absolute Gasteiger partial charge is 0.416 e. The van der Waals surface area contributed by atoms with Gasteiger partial charge in [0.1, 0.15) is 6.04 Å². The number of nitrogens with zero attached hydrogens (tertiary/aromatic N) is 1. The SMILES string of the molecule is CC(C)[C@H](C(=O)O)N1Cc2cc(-c3ccc(NC(=O)Nc4cccc(C(F)(F)F)c4)cc3)ccc2C1=O. The maximum absolute atomic E-state index is 12.9. The van der Waals surface area contributed by atoms with E-state index < -0.39 is 29.8 Å². The first-order valence-corrected chi connectivity index (χ1v) is 11.5. The molecule has 4 rings (SSSR count). The Balaban J connectivity index is 1.44. The van der Waals surface area contributed by atoms with Crippen molar-refractivity contribution in [3.05, 3.63) is 83.4 Å². The van der Waals surface area contributed by atoms with Crippen LogP contribution < -0.4 is 10.6 Å². The first kappa shape index (κ1) is 25.7. The number of nitrogens with one attached hydrogen (secondary N) is 2. The highest BCUT2D eigenvalue weighted by atomic mass is 19.4. The van der Waals surface area contributed by atoms with E-state index in [1.807, 2.05) is 6.07 Å². The Bertz CT molecular complexity index is 1350. The van der Waals surface area contributed by atoms with Crippen LogP contribution in [0.4, 0.5) is 29.3 Å². The molecule has 0 spiro atoms. The lowest BCUT2D eigenvalue weighted by Gasteiger charge is -2.27. The molecule has 10 heteroatoms. The number of anilines is 2. The second kappa shape index (κ2) is 9.96. The van der Waals surface area contributed by atoms with Crippen molar-refractivity contribution in [3.63, 3.8) is 0 Å². The Morgan fingerprint density at radius 1 is 0.919 bits per heavy atom. The number of carbonyl (C=O) groups is 3. The van der Waals surface area contributed by atoms with Crippen molar-refractivity contribution in [1.29, 1.82) is 0 Å². The van der Waals surface area contributed by atoms with Crippen molar-refractivity contribution in [2.45, 2.75) is 32.6 Å². The van der Waals surface area contributed by atoms with Crippen molar-refractivity contribution in [2.24, 2.45) is 5.92 Å². The number of hydrogen-bond donors (Lipinski definition) is 3. The van der Waals surface area contributed by atoms with Crippen LogP contribution >= 0.6 is 0 Å². The van der Waals surface area contributed by atoms with E-state index in [4.69, 9.17) is 0 Å². The predicted octanol–water partition coefficient (Wildman–Crippen LogP) is 6.08. The second-order valence-corrected chi connectivity index (χ2v) is 9.07. The van der Waals surface area contributed by atoms with Crippen LogP contribution in [0, 0.1) is 5.92 Å². The minimum absolute atomic E-state index is 0.00767. The minimum Gasteiger partial charge on any atom is -0.480 e. The number of hydrogen-bond acceptors (Lipinski definition) is 3. The lowest BCUT2D eigenvalue weighted by Crippen LogP contribution is -2.44. The second-order valence-electron chi connectivity index (χ2n) is 9.07. The molecule has 1 aliphatic heterocycles. The van der Waals surface area contributed by atoms with Crippen LogP contribution in [0.25, 0.3) is 11.1 Å². The molecule has 0 fully saturated rings. The van der Waals surface area contributed by atoms with Crippen molar-refractivity contribution in [2.75, 3.05) is 10.6 Å². The summed E-state index contributed by atoms with van der Waals surface area (Å²) in [5.41, 5.74) is 2.39. The highest BCUT2D eigenvalue weighted by Gasteiger charge is 2.38. The number of alkyl halides is 3. The lowest BCUT2D eigenvalue weighted by atomic mass is 10.0. The van der Waals surface area contributed by atoms with Crippen LogP contribution in [0.5, 0.6) is 0 Å². The van der Waals surface area contributed by atoms with Gasteiger partial charge in [-0.3, -0.25) is 4.79 Å². The van der Waals surface area contributed by atoms with Gasteiger partial charge in [0.05, 0.1) is 5.56 Å².